The Balaban J connectivity index is 1.96. The predicted molar refractivity (Wildman–Crippen MR) is 111 cm³/mol. The third kappa shape index (κ3) is 4.53. The number of methoxy groups -OCH3 is 2. The number of ether oxygens (including phenoxy) is 2. The van der Waals surface area contributed by atoms with Crippen LogP contribution in [0.15, 0.2) is 48.5 Å². The molecular formula is C23H28N2O4. The number of rotatable bonds is 6. The molecule has 1 N–H and O–H groups in total. The SMILES string of the molecule is COc1ccc(OC)c(C2CN(C(=O)c3ccccc3)CC2C(=O)NC(C)C)c1. The van der Waals surface area contributed by atoms with E-state index in [1.54, 1.807) is 31.3 Å². The van der Waals surface area contributed by atoms with Crippen LogP contribution < -0.4 is 14.8 Å². The normalized spacial score (nSPS) is 18.6. The molecule has 0 aliphatic carbocycles. The zero-order chi connectivity index (χ0) is 21.0. The number of hydrogen-bond acceptors (Lipinski definition) is 4. The molecule has 0 aromatic heterocycles. The molecular weight excluding hydrogens is 368 g/mol. The molecule has 1 saturated heterocycles. The van der Waals surface area contributed by atoms with E-state index < -0.39 is 0 Å². The molecule has 2 amide bonds. The summed E-state index contributed by atoms with van der Waals surface area (Å²) in [5.74, 6) is 0.692. The smallest absolute Gasteiger partial charge is 0.253 e. The van der Waals surface area contributed by atoms with E-state index in [4.69, 9.17) is 9.47 Å². The minimum Gasteiger partial charge on any atom is -0.497 e. The van der Waals surface area contributed by atoms with Gasteiger partial charge in [0, 0.05) is 36.2 Å². The Morgan fingerprint density at radius 1 is 1.03 bits per heavy atom. The summed E-state index contributed by atoms with van der Waals surface area (Å²) in [6.45, 7) is 4.66. The first-order valence-electron chi connectivity index (χ1n) is 9.81. The van der Waals surface area contributed by atoms with E-state index in [0.29, 0.717) is 30.2 Å². The zero-order valence-corrected chi connectivity index (χ0v) is 17.3. The maximum atomic E-state index is 13.0. The molecule has 1 fully saturated rings. The molecule has 0 saturated carbocycles. The van der Waals surface area contributed by atoms with Gasteiger partial charge in [-0.15, -0.1) is 0 Å². The fraction of sp³-hybridized carbons (Fsp3) is 0.391. The van der Waals surface area contributed by atoms with Gasteiger partial charge in [0.05, 0.1) is 20.1 Å². The lowest BCUT2D eigenvalue weighted by atomic mass is 9.87. The van der Waals surface area contributed by atoms with E-state index in [2.05, 4.69) is 5.32 Å². The molecule has 3 rings (SSSR count). The molecule has 2 aromatic carbocycles. The number of benzene rings is 2. The number of amides is 2. The fourth-order valence-corrected chi connectivity index (χ4v) is 3.83. The molecule has 154 valence electrons. The summed E-state index contributed by atoms with van der Waals surface area (Å²) in [6, 6.07) is 14.7. The van der Waals surface area contributed by atoms with Crippen LogP contribution in [0.2, 0.25) is 0 Å². The Bertz CT molecular complexity index is 866. The molecule has 1 aliphatic heterocycles. The summed E-state index contributed by atoms with van der Waals surface area (Å²) in [4.78, 5) is 27.8. The Hall–Kier alpha value is -3.02. The van der Waals surface area contributed by atoms with E-state index in [0.717, 1.165) is 5.56 Å². The first-order valence-corrected chi connectivity index (χ1v) is 9.81. The summed E-state index contributed by atoms with van der Waals surface area (Å²) >= 11 is 0. The summed E-state index contributed by atoms with van der Waals surface area (Å²) in [6.07, 6.45) is 0. The Kier molecular flexibility index (Phi) is 6.42. The highest BCUT2D eigenvalue weighted by Crippen LogP contribution is 2.40. The summed E-state index contributed by atoms with van der Waals surface area (Å²) in [7, 11) is 3.21. The van der Waals surface area contributed by atoms with Crippen LogP contribution in [0.25, 0.3) is 0 Å². The van der Waals surface area contributed by atoms with Gasteiger partial charge >= 0.3 is 0 Å². The molecule has 2 aromatic rings. The molecule has 0 radical (unpaired) electrons. The van der Waals surface area contributed by atoms with Crippen LogP contribution in [-0.4, -0.2) is 50.1 Å². The zero-order valence-electron chi connectivity index (χ0n) is 17.3. The lowest BCUT2D eigenvalue weighted by Crippen LogP contribution is -2.39. The third-order valence-corrected chi connectivity index (χ3v) is 5.23. The van der Waals surface area contributed by atoms with Gasteiger partial charge in [0.25, 0.3) is 5.91 Å². The number of carbonyl (C=O) groups excluding carboxylic acids is 2. The summed E-state index contributed by atoms with van der Waals surface area (Å²) in [5, 5.41) is 3.00. The molecule has 0 spiro atoms. The molecule has 1 heterocycles. The van der Waals surface area contributed by atoms with E-state index in [-0.39, 0.29) is 29.7 Å². The minimum absolute atomic E-state index is 0.0224. The van der Waals surface area contributed by atoms with Crippen LogP contribution in [0.1, 0.15) is 35.7 Å². The standard InChI is InChI=1S/C23H28N2O4/c1-15(2)24-22(26)20-14-25(23(27)16-8-6-5-7-9-16)13-19(20)18-12-17(28-3)10-11-21(18)29-4/h5-12,15,19-20H,13-14H2,1-4H3,(H,24,26). The molecule has 2 unspecified atom stereocenters. The summed E-state index contributed by atoms with van der Waals surface area (Å²) < 4.78 is 10.9. The van der Waals surface area contributed by atoms with E-state index >= 15 is 0 Å². The number of hydrogen-bond donors (Lipinski definition) is 1. The van der Waals surface area contributed by atoms with Crippen molar-refractivity contribution in [1.29, 1.82) is 0 Å². The average molecular weight is 396 g/mol. The van der Waals surface area contributed by atoms with Crippen molar-refractivity contribution in [2.75, 3.05) is 27.3 Å². The van der Waals surface area contributed by atoms with Crippen molar-refractivity contribution >= 4 is 11.8 Å². The minimum atomic E-state index is -0.369. The van der Waals surface area contributed by atoms with Gasteiger partial charge in [-0.1, -0.05) is 18.2 Å². The van der Waals surface area contributed by atoms with Crippen molar-refractivity contribution in [2.24, 2.45) is 5.92 Å². The van der Waals surface area contributed by atoms with Crippen LogP contribution in [0.5, 0.6) is 11.5 Å². The topological polar surface area (TPSA) is 67.9 Å². The monoisotopic (exact) mass is 396 g/mol. The second-order valence-corrected chi connectivity index (χ2v) is 7.56. The predicted octanol–water partition coefficient (Wildman–Crippen LogP) is 3.08. The number of likely N-dealkylation sites (tertiary alicyclic amines) is 1. The second kappa shape index (κ2) is 8.99. The molecule has 6 heteroatoms. The van der Waals surface area contributed by atoms with Crippen molar-refractivity contribution in [1.82, 2.24) is 10.2 Å². The van der Waals surface area contributed by atoms with Crippen molar-refractivity contribution in [3.8, 4) is 11.5 Å². The van der Waals surface area contributed by atoms with Gasteiger partial charge in [0.1, 0.15) is 11.5 Å². The van der Waals surface area contributed by atoms with E-state index in [1.165, 1.54) is 0 Å². The van der Waals surface area contributed by atoms with Crippen molar-refractivity contribution < 1.29 is 19.1 Å². The van der Waals surface area contributed by atoms with Gasteiger partial charge < -0.3 is 19.7 Å². The first kappa shape index (κ1) is 20.7. The fourth-order valence-electron chi connectivity index (χ4n) is 3.83. The van der Waals surface area contributed by atoms with Crippen LogP contribution >= 0.6 is 0 Å². The quantitative estimate of drug-likeness (QED) is 0.815. The van der Waals surface area contributed by atoms with Crippen LogP contribution in [0.3, 0.4) is 0 Å². The Labute approximate surface area is 171 Å². The molecule has 2 atom stereocenters. The van der Waals surface area contributed by atoms with Gasteiger partial charge in [-0.25, -0.2) is 0 Å². The first-order chi connectivity index (χ1) is 13.9. The maximum Gasteiger partial charge on any atom is 0.253 e. The van der Waals surface area contributed by atoms with Crippen molar-refractivity contribution in [2.45, 2.75) is 25.8 Å². The van der Waals surface area contributed by atoms with Crippen LogP contribution in [0.4, 0.5) is 0 Å². The molecule has 6 nitrogen and oxygen atoms in total. The van der Waals surface area contributed by atoms with Crippen molar-refractivity contribution in [3.05, 3.63) is 59.7 Å². The van der Waals surface area contributed by atoms with Gasteiger partial charge in [-0.3, -0.25) is 9.59 Å². The highest BCUT2D eigenvalue weighted by molar-refractivity contribution is 5.95. The lowest BCUT2D eigenvalue weighted by molar-refractivity contribution is -0.125. The number of carbonyl (C=O) groups is 2. The van der Waals surface area contributed by atoms with Crippen LogP contribution in [0, 0.1) is 5.92 Å². The Morgan fingerprint density at radius 2 is 1.76 bits per heavy atom. The van der Waals surface area contributed by atoms with Gasteiger partial charge in [0.2, 0.25) is 5.91 Å². The second-order valence-electron chi connectivity index (χ2n) is 7.56. The maximum absolute atomic E-state index is 13.0. The lowest BCUT2D eigenvalue weighted by Gasteiger charge is -2.22. The average Bonchev–Trinajstić information content (AvgIpc) is 3.18. The Morgan fingerprint density at radius 3 is 2.38 bits per heavy atom. The molecule has 0 bridgehead atoms. The van der Waals surface area contributed by atoms with E-state index in [1.807, 2.05) is 50.2 Å². The van der Waals surface area contributed by atoms with E-state index in [9.17, 15) is 9.59 Å². The van der Waals surface area contributed by atoms with Crippen molar-refractivity contribution in [3.63, 3.8) is 0 Å². The number of nitrogens with one attached hydrogen (secondary N) is 1. The largest absolute Gasteiger partial charge is 0.497 e. The highest BCUT2D eigenvalue weighted by atomic mass is 16.5. The van der Waals surface area contributed by atoms with Gasteiger partial charge in [-0.05, 0) is 44.2 Å². The third-order valence-electron chi connectivity index (χ3n) is 5.23. The van der Waals surface area contributed by atoms with Gasteiger partial charge in [0.15, 0.2) is 0 Å². The molecule has 29 heavy (non-hydrogen) atoms. The number of nitrogens with zero attached hydrogens (tertiary/aromatic N) is 1. The van der Waals surface area contributed by atoms with Crippen LogP contribution in [-0.2, 0) is 4.79 Å². The van der Waals surface area contributed by atoms with Gasteiger partial charge in [-0.2, -0.15) is 0 Å². The highest BCUT2D eigenvalue weighted by Gasteiger charge is 2.42. The molecule has 1 aliphatic rings. The summed E-state index contributed by atoms with van der Waals surface area (Å²) in [5.41, 5.74) is 1.49.